The zero-order valence-electron chi connectivity index (χ0n) is 12.8. The molecule has 0 aromatic heterocycles. The van der Waals surface area contributed by atoms with E-state index in [9.17, 15) is 14.7 Å². The van der Waals surface area contributed by atoms with Gasteiger partial charge in [0, 0.05) is 11.8 Å². The molecule has 6 heteroatoms. The van der Waals surface area contributed by atoms with E-state index in [1.165, 1.54) is 4.90 Å². The Balaban J connectivity index is 2.80. The predicted octanol–water partition coefficient (Wildman–Crippen LogP) is 2.76. The Morgan fingerprint density at radius 3 is 2.50 bits per heavy atom. The highest BCUT2D eigenvalue weighted by Crippen LogP contribution is 2.32. The maximum atomic E-state index is 12.5. The van der Waals surface area contributed by atoms with Crippen LogP contribution in [0.2, 0.25) is 0 Å². The largest absolute Gasteiger partial charge is 0.480 e. The van der Waals surface area contributed by atoms with Gasteiger partial charge in [-0.25, -0.2) is 9.59 Å². The van der Waals surface area contributed by atoms with Crippen molar-refractivity contribution in [3.05, 3.63) is 0 Å². The van der Waals surface area contributed by atoms with E-state index in [4.69, 9.17) is 0 Å². The number of amides is 2. The van der Waals surface area contributed by atoms with Crippen molar-refractivity contribution in [1.82, 2.24) is 10.2 Å². The van der Waals surface area contributed by atoms with E-state index >= 15 is 0 Å². The van der Waals surface area contributed by atoms with Gasteiger partial charge in [-0.3, -0.25) is 4.90 Å². The second-order valence-electron chi connectivity index (χ2n) is 5.55. The Hall–Kier alpha value is -0.910. The maximum Gasteiger partial charge on any atom is 0.327 e. The molecule has 0 bridgehead atoms. The molecule has 0 aromatic rings. The van der Waals surface area contributed by atoms with Crippen LogP contribution in [0.15, 0.2) is 0 Å². The average Bonchev–Trinajstić information content (AvgIpc) is 2.79. The van der Waals surface area contributed by atoms with E-state index < -0.39 is 12.0 Å². The molecular formula is C14H26N2O3S. The number of carboxylic acids is 1. The first-order valence-electron chi connectivity index (χ1n) is 7.35. The van der Waals surface area contributed by atoms with E-state index in [0.29, 0.717) is 11.7 Å². The van der Waals surface area contributed by atoms with Crippen molar-refractivity contribution in [2.24, 2.45) is 5.92 Å². The minimum absolute atomic E-state index is 0.0224. The molecule has 20 heavy (non-hydrogen) atoms. The van der Waals surface area contributed by atoms with Crippen molar-refractivity contribution in [3.8, 4) is 0 Å². The molecule has 2 N–H and O–H groups in total. The Labute approximate surface area is 125 Å². The second kappa shape index (κ2) is 7.76. The van der Waals surface area contributed by atoms with Crippen LogP contribution in [0.5, 0.6) is 0 Å². The lowest BCUT2D eigenvalue weighted by molar-refractivity contribution is -0.141. The van der Waals surface area contributed by atoms with E-state index in [1.807, 2.05) is 13.8 Å². The van der Waals surface area contributed by atoms with Crippen LogP contribution >= 0.6 is 11.8 Å². The number of nitrogens with zero attached hydrogens (tertiary/aromatic N) is 1. The fourth-order valence-corrected chi connectivity index (χ4v) is 3.98. The number of urea groups is 1. The molecule has 0 radical (unpaired) electrons. The Morgan fingerprint density at radius 1 is 1.40 bits per heavy atom. The van der Waals surface area contributed by atoms with Gasteiger partial charge in [0.1, 0.15) is 6.04 Å². The Morgan fingerprint density at radius 2 is 2.05 bits per heavy atom. The SMILES string of the molecule is CCCC1SCC(C(=O)O)N1C(=O)NC(CC)C(C)C. The normalized spacial score (nSPS) is 23.9. The first kappa shape index (κ1) is 17.1. The predicted molar refractivity (Wildman–Crippen MR) is 81.9 cm³/mol. The highest BCUT2D eigenvalue weighted by molar-refractivity contribution is 8.00. The summed E-state index contributed by atoms with van der Waals surface area (Å²) in [6.45, 7) is 8.20. The summed E-state index contributed by atoms with van der Waals surface area (Å²) >= 11 is 1.57. The van der Waals surface area contributed by atoms with Gasteiger partial charge < -0.3 is 10.4 Å². The molecule has 1 rings (SSSR count). The molecule has 1 aliphatic rings. The number of thioether (sulfide) groups is 1. The first-order chi connectivity index (χ1) is 9.42. The Kier molecular flexibility index (Phi) is 6.65. The van der Waals surface area contributed by atoms with Crippen molar-refractivity contribution in [2.75, 3.05) is 5.75 Å². The van der Waals surface area contributed by atoms with Crippen molar-refractivity contribution in [3.63, 3.8) is 0 Å². The molecule has 0 aliphatic carbocycles. The zero-order chi connectivity index (χ0) is 15.3. The van der Waals surface area contributed by atoms with Crippen LogP contribution < -0.4 is 5.32 Å². The van der Waals surface area contributed by atoms with Crippen molar-refractivity contribution >= 4 is 23.8 Å². The fraction of sp³-hybridized carbons (Fsp3) is 0.857. The van der Waals surface area contributed by atoms with Crippen molar-refractivity contribution in [2.45, 2.75) is 64.4 Å². The number of carbonyl (C=O) groups excluding carboxylic acids is 1. The molecule has 0 aromatic carbocycles. The lowest BCUT2D eigenvalue weighted by Gasteiger charge is -2.30. The van der Waals surface area contributed by atoms with Gasteiger partial charge in [-0.05, 0) is 18.8 Å². The average molecular weight is 302 g/mol. The smallest absolute Gasteiger partial charge is 0.327 e. The van der Waals surface area contributed by atoms with Crippen LogP contribution in [-0.2, 0) is 4.79 Å². The van der Waals surface area contributed by atoms with Crippen LogP contribution in [0.4, 0.5) is 4.79 Å². The molecule has 0 saturated carbocycles. The highest BCUT2D eigenvalue weighted by Gasteiger charge is 2.41. The summed E-state index contributed by atoms with van der Waals surface area (Å²) in [5.74, 6) is -0.0951. The number of hydrogen-bond donors (Lipinski definition) is 2. The number of aliphatic carboxylic acids is 1. The number of carboxylic acid groups (broad SMARTS) is 1. The third kappa shape index (κ3) is 4.04. The third-order valence-electron chi connectivity index (χ3n) is 3.70. The number of nitrogens with one attached hydrogen (secondary N) is 1. The summed E-state index contributed by atoms with van der Waals surface area (Å²) in [6.07, 6.45) is 2.62. The van der Waals surface area contributed by atoms with Gasteiger partial charge in [0.05, 0.1) is 5.37 Å². The van der Waals surface area contributed by atoms with Gasteiger partial charge in [-0.1, -0.05) is 34.1 Å². The maximum absolute atomic E-state index is 12.5. The van der Waals surface area contributed by atoms with Crippen LogP contribution in [0, 0.1) is 5.92 Å². The molecule has 1 saturated heterocycles. The summed E-state index contributed by atoms with van der Waals surface area (Å²) in [6, 6.07) is -0.854. The molecule has 0 spiro atoms. The quantitative estimate of drug-likeness (QED) is 0.791. The molecule has 1 heterocycles. The monoisotopic (exact) mass is 302 g/mol. The number of hydrogen-bond acceptors (Lipinski definition) is 3. The van der Waals surface area contributed by atoms with Crippen LogP contribution in [0.3, 0.4) is 0 Å². The summed E-state index contributed by atoms with van der Waals surface area (Å²) in [5, 5.41) is 12.3. The minimum atomic E-state index is -0.913. The molecule has 3 unspecified atom stereocenters. The summed E-state index contributed by atoms with van der Waals surface area (Å²) in [7, 11) is 0. The van der Waals surface area contributed by atoms with Gasteiger partial charge in [0.2, 0.25) is 0 Å². The van der Waals surface area contributed by atoms with Gasteiger partial charge in [0.15, 0.2) is 0 Å². The molecule has 3 atom stereocenters. The second-order valence-corrected chi connectivity index (χ2v) is 6.76. The van der Waals surface area contributed by atoms with Gasteiger partial charge >= 0.3 is 12.0 Å². The summed E-state index contributed by atoms with van der Waals surface area (Å²) in [5.41, 5.74) is 0. The third-order valence-corrected chi connectivity index (χ3v) is 5.06. The van der Waals surface area contributed by atoms with E-state index in [2.05, 4.69) is 19.2 Å². The standard InChI is InChI=1S/C14H26N2O3S/c1-5-7-12-16(11(8-20-12)13(17)18)14(19)15-10(6-2)9(3)4/h9-12H,5-8H2,1-4H3,(H,15,19)(H,17,18). The lowest BCUT2D eigenvalue weighted by atomic mass is 10.0. The molecule has 1 fully saturated rings. The minimum Gasteiger partial charge on any atom is -0.480 e. The number of carbonyl (C=O) groups is 2. The van der Waals surface area contributed by atoms with E-state index in [-0.39, 0.29) is 17.4 Å². The van der Waals surface area contributed by atoms with E-state index in [0.717, 1.165) is 19.3 Å². The fourth-order valence-electron chi connectivity index (χ4n) is 2.47. The molecule has 116 valence electrons. The van der Waals surface area contributed by atoms with Crippen molar-refractivity contribution < 1.29 is 14.7 Å². The summed E-state index contributed by atoms with van der Waals surface area (Å²) in [4.78, 5) is 25.3. The highest BCUT2D eigenvalue weighted by atomic mass is 32.2. The van der Waals surface area contributed by atoms with E-state index in [1.54, 1.807) is 11.8 Å². The van der Waals surface area contributed by atoms with Crippen LogP contribution in [0.1, 0.15) is 47.0 Å². The molecule has 5 nitrogen and oxygen atoms in total. The number of rotatable bonds is 6. The van der Waals surface area contributed by atoms with Gasteiger partial charge in [-0.2, -0.15) is 0 Å². The van der Waals surface area contributed by atoms with Crippen LogP contribution in [0.25, 0.3) is 0 Å². The first-order valence-corrected chi connectivity index (χ1v) is 8.40. The molecular weight excluding hydrogens is 276 g/mol. The molecule has 2 amide bonds. The topological polar surface area (TPSA) is 69.6 Å². The molecule has 1 aliphatic heterocycles. The van der Waals surface area contributed by atoms with Gasteiger partial charge in [-0.15, -0.1) is 11.8 Å². The van der Waals surface area contributed by atoms with Crippen molar-refractivity contribution in [1.29, 1.82) is 0 Å². The van der Waals surface area contributed by atoms with Crippen LogP contribution in [-0.4, -0.2) is 45.2 Å². The van der Waals surface area contributed by atoms with Gasteiger partial charge in [0.25, 0.3) is 0 Å². The zero-order valence-corrected chi connectivity index (χ0v) is 13.6. The summed E-state index contributed by atoms with van der Waals surface area (Å²) < 4.78 is 0. The lowest BCUT2D eigenvalue weighted by Crippen LogP contribution is -2.53. The Bertz CT molecular complexity index is 349.